The van der Waals surface area contributed by atoms with Crippen LogP contribution in [0.15, 0.2) is 0 Å². The summed E-state index contributed by atoms with van der Waals surface area (Å²) in [6, 6.07) is 0. The molecule has 1 atom stereocenters. The van der Waals surface area contributed by atoms with E-state index >= 15 is 0 Å². The van der Waals surface area contributed by atoms with E-state index in [1.807, 2.05) is 0 Å². The first-order valence-corrected chi connectivity index (χ1v) is 5.72. The SMILES string of the molecule is CC(CN)(C1CCCC1)N1CCC1. The Labute approximate surface area is 81.5 Å². The Morgan fingerprint density at radius 1 is 1.23 bits per heavy atom. The molecule has 76 valence electrons. The third-order valence-electron chi connectivity index (χ3n) is 4.23. The van der Waals surface area contributed by atoms with Crippen molar-refractivity contribution < 1.29 is 0 Å². The lowest BCUT2D eigenvalue weighted by atomic mass is 9.81. The Morgan fingerprint density at radius 3 is 2.23 bits per heavy atom. The second-order valence-corrected chi connectivity index (χ2v) is 4.88. The van der Waals surface area contributed by atoms with Crippen LogP contribution in [0.2, 0.25) is 0 Å². The Bertz CT molecular complexity index is 171. The van der Waals surface area contributed by atoms with E-state index in [0.29, 0.717) is 5.54 Å². The van der Waals surface area contributed by atoms with Gasteiger partial charge in [0.15, 0.2) is 0 Å². The Balaban J connectivity index is 2.03. The fourth-order valence-corrected chi connectivity index (χ4v) is 2.93. The largest absolute Gasteiger partial charge is 0.329 e. The van der Waals surface area contributed by atoms with Crippen molar-refractivity contribution in [2.24, 2.45) is 11.7 Å². The van der Waals surface area contributed by atoms with Gasteiger partial charge in [-0.25, -0.2) is 0 Å². The number of nitrogens with two attached hydrogens (primary N) is 1. The fourth-order valence-electron chi connectivity index (χ4n) is 2.93. The van der Waals surface area contributed by atoms with Crippen LogP contribution in [0.3, 0.4) is 0 Å². The first kappa shape index (κ1) is 9.47. The summed E-state index contributed by atoms with van der Waals surface area (Å²) < 4.78 is 0. The lowest BCUT2D eigenvalue weighted by molar-refractivity contribution is 0.00562. The molecule has 1 aliphatic carbocycles. The zero-order valence-electron chi connectivity index (χ0n) is 8.76. The summed E-state index contributed by atoms with van der Waals surface area (Å²) in [5.41, 5.74) is 6.28. The van der Waals surface area contributed by atoms with Gasteiger partial charge in [-0.3, -0.25) is 4.90 Å². The molecule has 2 N–H and O–H groups in total. The summed E-state index contributed by atoms with van der Waals surface area (Å²) in [5.74, 6) is 0.873. The highest BCUT2D eigenvalue weighted by Crippen LogP contribution is 2.38. The van der Waals surface area contributed by atoms with Crippen molar-refractivity contribution in [3.05, 3.63) is 0 Å². The molecule has 1 unspecified atom stereocenters. The van der Waals surface area contributed by atoms with Gasteiger partial charge in [-0.05, 0) is 45.2 Å². The number of likely N-dealkylation sites (tertiary alicyclic amines) is 1. The van der Waals surface area contributed by atoms with Crippen LogP contribution in [0, 0.1) is 5.92 Å². The van der Waals surface area contributed by atoms with Gasteiger partial charge in [0.05, 0.1) is 0 Å². The molecule has 0 spiro atoms. The number of rotatable bonds is 3. The van der Waals surface area contributed by atoms with Gasteiger partial charge in [-0.2, -0.15) is 0 Å². The van der Waals surface area contributed by atoms with Crippen molar-refractivity contribution >= 4 is 0 Å². The van der Waals surface area contributed by atoms with Gasteiger partial charge in [-0.15, -0.1) is 0 Å². The summed E-state index contributed by atoms with van der Waals surface area (Å²) >= 11 is 0. The topological polar surface area (TPSA) is 29.3 Å². The number of hydrogen-bond acceptors (Lipinski definition) is 2. The molecule has 13 heavy (non-hydrogen) atoms. The van der Waals surface area contributed by atoms with Crippen molar-refractivity contribution in [2.75, 3.05) is 19.6 Å². The van der Waals surface area contributed by atoms with E-state index < -0.39 is 0 Å². The first-order chi connectivity index (χ1) is 6.27. The van der Waals surface area contributed by atoms with Crippen molar-refractivity contribution in [3.8, 4) is 0 Å². The van der Waals surface area contributed by atoms with Crippen LogP contribution in [-0.4, -0.2) is 30.1 Å². The lowest BCUT2D eigenvalue weighted by Gasteiger charge is -2.49. The van der Waals surface area contributed by atoms with Crippen LogP contribution >= 0.6 is 0 Å². The molecule has 0 bridgehead atoms. The molecular formula is C11H22N2. The summed E-state index contributed by atoms with van der Waals surface area (Å²) in [5, 5.41) is 0. The molecule has 0 aromatic heterocycles. The number of nitrogens with zero attached hydrogens (tertiary/aromatic N) is 1. The summed E-state index contributed by atoms with van der Waals surface area (Å²) in [6.45, 7) is 5.79. The van der Waals surface area contributed by atoms with Crippen LogP contribution in [-0.2, 0) is 0 Å². The standard InChI is InChI=1S/C11H22N2/c1-11(9-12,13-7-4-8-13)10-5-2-3-6-10/h10H,2-9,12H2,1H3. The monoisotopic (exact) mass is 182 g/mol. The molecule has 2 nitrogen and oxygen atoms in total. The third-order valence-corrected chi connectivity index (χ3v) is 4.23. The third kappa shape index (κ3) is 1.50. The predicted octanol–water partition coefficient (Wildman–Crippen LogP) is 1.60. The van der Waals surface area contributed by atoms with Crippen molar-refractivity contribution in [1.29, 1.82) is 0 Å². The maximum absolute atomic E-state index is 5.96. The molecule has 1 aliphatic heterocycles. The van der Waals surface area contributed by atoms with Gasteiger partial charge in [0, 0.05) is 12.1 Å². The van der Waals surface area contributed by atoms with E-state index in [-0.39, 0.29) is 0 Å². The van der Waals surface area contributed by atoms with E-state index in [9.17, 15) is 0 Å². The highest BCUT2D eigenvalue weighted by molar-refractivity contribution is 4.98. The van der Waals surface area contributed by atoms with E-state index in [0.717, 1.165) is 12.5 Å². The molecule has 0 aromatic carbocycles. The Hall–Kier alpha value is -0.0800. The average molecular weight is 182 g/mol. The Kier molecular flexibility index (Phi) is 2.61. The van der Waals surface area contributed by atoms with Gasteiger partial charge < -0.3 is 5.73 Å². The minimum Gasteiger partial charge on any atom is -0.329 e. The molecule has 1 saturated carbocycles. The van der Waals surface area contributed by atoms with Gasteiger partial charge in [0.1, 0.15) is 0 Å². The molecule has 1 heterocycles. The molecular weight excluding hydrogens is 160 g/mol. The molecule has 0 amide bonds. The van der Waals surface area contributed by atoms with E-state index in [1.165, 1.54) is 45.2 Å². The summed E-state index contributed by atoms with van der Waals surface area (Å²) in [7, 11) is 0. The minimum atomic E-state index is 0.328. The zero-order valence-corrected chi connectivity index (χ0v) is 8.76. The number of hydrogen-bond donors (Lipinski definition) is 1. The van der Waals surface area contributed by atoms with E-state index in [4.69, 9.17) is 5.73 Å². The normalized spacial score (nSPS) is 30.0. The zero-order chi connectivity index (χ0) is 9.31. The van der Waals surface area contributed by atoms with Gasteiger partial charge >= 0.3 is 0 Å². The second-order valence-electron chi connectivity index (χ2n) is 4.88. The van der Waals surface area contributed by atoms with E-state index in [2.05, 4.69) is 11.8 Å². The van der Waals surface area contributed by atoms with Crippen molar-refractivity contribution in [2.45, 2.75) is 44.6 Å². The second kappa shape index (κ2) is 3.58. The molecule has 2 fully saturated rings. The molecule has 1 saturated heterocycles. The quantitative estimate of drug-likeness (QED) is 0.718. The fraction of sp³-hybridized carbons (Fsp3) is 1.00. The van der Waals surface area contributed by atoms with Gasteiger partial charge in [0.2, 0.25) is 0 Å². The minimum absolute atomic E-state index is 0.328. The lowest BCUT2D eigenvalue weighted by Crippen LogP contribution is -2.60. The maximum Gasteiger partial charge on any atom is 0.0331 e. The van der Waals surface area contributed by atoms with Crippen LogP contribution in [0.1, 0.15) is 39.0 Å². The maximum atomic E-state index is 5.96. The first-order valence-electron chi connectivity index (χ1n) is 5.72. The van der Waals surface area contributed by atoms with E-state index in [1.54, 1.807) is 0 Å². The van der Waals surface area contributed by atoms with Crippen LogP contribution in [0.25, 0.3) is 0 Å². The van der Waals surface area contributed by atoms with Gasteiger partial charge in [0.25, 0.3) is 0 Å². The predicted molar refractivity (Wildman–Crippen MR) is 55.6 cm³/mol. The summed E-state index contributed by atoms with van der Waals surface area (Å²) in [6.07, 6.45) is 7.04. The molecule has 0 radical (unpaired) electrons. The average Bonchev–Trinajstić information content (AvgIpc) is 2.52. The summed E-state index contributed by atoms with van der Waals surface area (Å²) in [4.78, 5) is 2.60. The smallest absolute Gasteiger partial charge is 0.0331 e. The molecule has 0 aromatic rings. The molecule has 2 rings (SSSR count). The van der Waals surface area contributed by atoms with Crippen molar-refractivity contribution in [3.63, 3.8) is 0 Å². The highest BCUT2D eigenvalue weighted by Gasteiger charge is 2.41. The van der Waals surface area contributed by atoms with Crippen LogP contribution in [0.4, 0.5) is 0 Å². The Morgan fingerprint density at radius 2 is 1.85 bits per heavy atom. The molecule has 2 heteroatoms. The van der Waals surface area contributed by atoms with Crippen LogP contribution < -0.4 is 5.73 Å². The van der Waals surface area contributed by atoms with Crippen LogP contribution in [0.5, 0.6) is 0 Å². The van der Waals surface area contributed by atoms with Crippen molar-refractivity contribution in [1.82, 2.24) is 4.90 Å². The molecule has 2 aliphatic rings. The van der Waals surface area contributed by atoms with Gasteiger partial charge in [-0.1, -0.05) is 12.8 Å². The highest BCUT2D eigenvalue weighted by atomic mass is 15.2.